The second-order valence-corrected chi connectivity index (χ2v) is 5.15. The Morgan fingerprint density at radius 2 is 2.04 bits per heavy atom. The van der Waals surface area contributed by atoms with E-state index in [1.165, 1.54) is 0 Å². The number of anilines is 1. The standard InChI is InChI=1S/C18H17N3O2/c1-13-19-12-16(17(20-13)14-8-4-2-5-9-14)21-18(22)23-15-10-6-3-7-11-15/h3-4,6-12H,2,5H2,1H3,(H,21,22). The van der Waals surface area contributed by atoms with Crippen molar-refractivity contribution in [3.05, 3.63) is 66.3 Å². The molecule has 0 saturated heterocycles. The number of ether oxygens (including phenoxy) is 1. The minimum Gasteiger partial charge on any atom is -0.410 e. The van der Waals surface area contributed by atoms with Gasteiger partial charge in [-0.1, -0.05) is 36.4 Å². The quantitative estimate of drug-likeness (QED) is 0.926. The van der Waals surface area contributed by atoms with E-state index >= 15 is 0 Å². The Morgan fingerprint density at radius 3 is 2.78 bits per heavy atom. The summed E-state index contributed by atoms with van der Waals surface area (Å²) in [6, 6.07) is 8.91. The van der Waals surface area contributed by atoms with E-state index in [1.54, 1.807) is 30.5 Å². The highest BCUT2D eigenvalue weighted by atomic mass is 16.6. The van der Waals surface area contributed by atoms with Gasteiger partial charge in [0.05, 0.1) is 17.6 Å². The van der Waals surface area contributed by atoms with E-state index in [0.717, 1.165) is 18.4 Å². The molecule has 1 aliphatic rings. The molecule has 0 bridgehead atoms. The number of hydrogen-bond acceptors (Lipinski definition) is 4. The number of nitrogens with one attached hydrogen (secondary N) is 1. The van der Waals surface area contributed by atoms with Crippen molar-refractivity contribution in [2.75, 3.05) is 5.32 Å². The number of para-hydroxylation sites is 1. The van der Waals surface area contributed by atoms with Gasteiger partial charge in [0.25, 0.3) is 0 Å². The Balaban J connectivity index is 1.81. The van der Waals surface area contributed by atoms with E-state index in [4.69, 9.17) is 4.74 Å². The lowest BCUT2D eigenvalue weighted by molar-refractivity contribution is 0.215. The van der Waals surface area contributed by atoms with Gasteiger partial charge in [0.15, 0.2) is 0 Å². The number of hydrogen-bond donors (Lipinski definition) is 1. The Kier molecular flexibility index (Phi) is 4.47. The Morgan fingerprint density at radius 1 is 1.22 bits per heavy atom. The van der Waals surface area contributed by atoms with E-state index in [2.05, 4.69) is 27.4 Å². The molecule has 1 aromatic heterocycles. The number of rotatable bonds is 3. The first-order valence-corrected chi connectivity index (χ1v) is 7.47. The number of carbonyl (C=O) groups excluding carboxylic acids is 1. The number of amides is 1. The maximum atomic E-state index is 12.1. The second-order valence-electron chi connectivity index (χ2n) is 5.15. The van der Waals surface area contributed by atoms with E-state index < -0.39 is 6.09 Å². The van der Waals surface area contributed by atoms with E-state index in [9.17, 15) is 4.79 Å². The molecular weight excluding hydrogens is 290 g/mol. The number of benzene rings is 1. The van der Waals surface area contributed by atoms with Gasteiger partial charge in [-0.2, -0.15) is 0 Å². The summed E-state index contributed by atoms with van der Waals surface area (Å²) >= 11 is 0. The smallest absolute Gasteiger partial charge is 0.410 e. The first-order chi connectivity index (χ1) is 11.2. The predicted octanol–water partition coefficient (Wildman–Crippen LogP) is 4.13. The molecule has 0 radical (unpaired) electrons. The van der Waals surface area contributed by atoms with Crippen LogP contribution in [0.4, 0.5) is 10.5 Å². The fourth-order valence-electron chi connectivity index (χ4n) is 2.30. The Hall–Kier alpha value is -2.95. The first-order valence-electron chi connectivity index (χ1n) is 7.47. The van der Waals surface area contributed by atoms with Crippen molar-refractivity contribution >= 4 is 17.4 Å². The van der Waals surface area contributed by atoms with Gasteiger partial charge in [0, 0.05) is 0 Å². The third-order valence-electron chi connectivity index (χ3n) is 3.37. The van der Waals surface area contributed by atoms with Crippen LogP contribution in [0.1, 0.15) is 24.4 Å². The van der Waals surface area contributed by atoms with Crippen LogP contribution in [0.15, 0.2) is 54.8 Å². The molecule has 0 unspecified atom stereocenters. The Labute approximate surface area is 134 Å². The summed E-state index contributed by atoms with van der Waals surface area (Å²) < 4.78 is 5.25. The molecule has 2 aromatic rings. The molecule has 0 atom stereocenters. The third-order valence-corrected chi connectivity index (χ3v) is 3.37. The molecule has 5 heteroatoms. The van der Waals surface area contributed by atoms with E-state index in [-0.39, 0.29) is 0 Å². The number of allylic oxidation sites excluding steroid dienone is 4. The van der Waals surface area contributed by atoms with Crippen molar-refractivity contribution in [1.82, 2.24) is 9.97 Å². The summed E-state index contributed by atoms with van der Waals surface area (Å²) in [5.74, 6) is 1.14. The van der Waals surface area contributed by atoms with Gasteiger partial charge in [-0.15, -0.1) is 0 Å². The third kappa shape index (κ3) is 3.83. The molecule has 0 spiro atoms. The molecule has 3 rings (SSSR count). The number of aryl methyl sites for hydroxylation is 1. The zero-order valence-corrected chi connectivity index (χ0v) is 12.8. The average molecular weight is 307 g/mol. The van der Waals surface area contributed by atoms with Gasteiger partial charge in [0.1, 0.15) is 11.6 Å². The zero-order chi connectivity index (χ0) is 16.1. The van der Waals surface area contributed by atoms with Gasteiger partial charge >= 0.3 is 6.09 Å². The highest BCUT2D eigenvalue weighted by Gasteiger charge is 2.14. The summed E-state index contributed by atoms with van der Waals surface area (Å²) in [5, 5.41) is 2.72. The van der Waals surface area contributed by atoms with Crippen molar-refractivity contribution in [1.29, 1.82) is 0 Å². The molecule has 5 nitrogen and oxygen atoms in total. The molecule has 0 aliphatic heterocycles. The van der Waals surface area contributed by atoms with Crippen LogP contribution >= 0.6 is 0 Å². The van der Waals surface area contributed by atoms with Crippen LogP contribution < -0.4 is 10.1 Å². The zero-order valence-electron chi connectivity index (χ0n) is 12.8. The van der Waals surface area contributed by atoms with Gasteiger partial charge in [-0.25, -0.2) is 14.8 Å². The molecule has 0 fully saturated rings. The minimum absolute atomic E-state index is 0.483. The van der Waals surface area contributed by atoms with Crippen molar-refractivity contribution in [2.45, 2.75) is 19.8 Å². The summed E-state index contributed by atoms with van der Waals surface area (Å²) in [5.41, 5.74) is 2.23. The topological polar surface area (TPSA) is 64.1 Å². The van der Waals surface area contributed by atoms with Gasteiger partial charge in [-0.3, -0.25) is 5.32 Å². The molecule has 1 heterocycles. The van der Waals surface area contributed by atoms with Crippen molar-refractivity contribution < 1.29 is 9.53 Å². The maximum absolute atomic E-state index is 12.1. The first kappa shape index (κ1) is 15.0. The maximum Gasteiger partial charge on any atom is 0.417 e. The predicted molar refractivity (Wildman–Crippen MR) is 89.2 cm³/mol. The normalized spacial score (nSPS) is 13.3. The SMILES string of the molecule is Cc1ncc(NC(=O)Oc2ccccc2)c(C2=CCCC=C2)n1. The summed E-state index contributed by atoms with van der Waals surface area (Å²) in [6.07, 6.45) is 9.24. The number of aromatic nitrogens is 2. The van der Waals surface area contributed by atoms with Gasteiger partial charge in [0.2, 0.25) is 0 Å². The summed E-state index contributed by atoms with van der Waals surface area (Å²) in [7, 11) is 0. The molecule has 23 heavy (non-hydrogen) atoms. The monoisotopic (exact) mass is 307 g/mol. The fourth-order valence-corrected chi connectivity index (χ4v) is 2.30. The average Bonchev–Trinajstić information content (AvgIpc) is 2.58. The molecule has 1 N–H and O–H groups in total. The largest absolute Gasteiger partial charge is 0.417 e. The Bertz CT molecular complexity index is 767. The van der Waals surface area contributed by atoms with E-state index in [0.29, 0.717) is 23.0 Å². The van der Waals surface area contributed by atoms with Gasteiger partial charge < -0.3 is 4.74 Å². The van der Waals surface area contributed by atoms with Crippen LogP contribution in [0.2, 0.25) is 0 Å². The van der Waals surface area contributed by atoms with Crippen molar-refractivity contribution in [2.24, 2.45) is 0 Å². The van der Waals surface area contributed by atoms with Crippen LogP contribution in [0.25, 0.3) is 5.57 Å². The van der Waals surface area contributed by atoms with Crippen LogP contribution in [0, 0.1) is 6.92 Å². The minimum atomic E-state index is -0.565. The number of carbonyl (C=O) groups is 1. The van der Waals surface area contributed by atoms with Gasteiger partial charge in [-0.05, 0) is 37.5 Å². The molecule has 1 aliphatic carbocycles. The van der Waals surface area contributed by atoms with E-state index in [1.807, 2.05) is 19.1 Å². The van der Waals surface area contributed by atoms with Crippen LogP contribution in [0.3, 0.4) is 0 Å². The second kappa shape index (κ2) is 6.87. The van der Waals surface area contributed by atoms with Crippen LogP contribution in [-0.4, -0.2) is 16.1 Å². The lowest BCUT2D eigenvalue weighted by Crippen LogP contribution is -2.18. The van der Waals surface area contributed by atoms with Crippen molar-refractivity contribution in [3.8, 4) is 5.75 Å². The summed E-state index contributed by atoms with van der Waals surface area (Å²) in [6.45, 7) is 1.82. The fraction of sp³-hybridized carbons (Fsp3) is 0.167. The summed E-state index contributed by atoms with van der Waals surface area (Å²) in [4.78, 5) is 20.7. The molecule has 116 valence electrons. The molecule has 1 aromatic carbocycles. The lowest BCUT2D eigenvalue weighted by atomic mass is 10.0. The molecule has 0 saturated carbocycles. The van der Waals surface area contributed by atoms with Crippen LogP contribution in [0.5, 0.6) is 5.75 Å². The lowest BCUT2D eigenvalue weighted by Gasteiger charge is -2.13. The molecular formula is C18H17N3O2. The highest BCUT2D eigenvalue weighted by molar-refractivity contribution is 5.91. The van der Waals surface area contributed by atoms with Crippen molar-refractivity contribution in [3.63, 3.8) is 0 Å². The van der Waals surface area contributed by atoms with Crippen LogP contribution in [-0.2, 0) is 0 Å². The number of nitrogens with zero attached hydrogens (tertiary/aromatic N) is 2. The molecule has 1 amide bonds. The highest BCUT2D eigenvalue weighted by Crippen LogP contribution is 2.26.